The van der Waals surface area contributed by atoms with Gasteiger partial charge in [-0.05, 0) is 27.7 Å². The predicted molar refractivity (Wildman–Crippen MR) is 75.7 cm³/mol. The Labute approximate surface area is 117 Å². The lowest BCUT2D eigenvalue weighted by molar-refractivity contribution is -0.384. The number of likely N-dealkylation sites (N-methyl/N-ethyl adjacent to an activating group) is 1. The first kappa shape index (κ1) is 15.9. The van der Waals surface area contributed by atoms with E-state index in [0.717, 1.165) is 0 Å². The maximum absolute atomic E-state index is 11.9. The molecule has 8 heteroatoms. The topological polar surface area (TPSA) is 93.3 Å². The van der Waals surface area contributed by atoms with Crippen LogP contribution in [0.5, 0.6) is 0 Å². The van der Waals surface area contributed by atoms with E-state index in [9.17, 15) is 14.9 Å². The number of nitrogens with zero attached hydrogens (tertiary/aromatic N) is 4. The number of hydrogen-bond acceptors (Lipinski definition) is 5. The number of carbonyl (C=O) groups excluding carboxylic acids is 1. The normalized spacial score (nSPS) is 10.4. The van der Waals surface area contributed by atoms with E-state index in [4.69, 9.17) is 0 Å². The Morgan fingerprint density at radius 2 is 2.00 bits per heavy atom. The summed E-state index contributed by atoms with van der Waals surface area (Å²) in [5, 5.41) is 18.0. The molecule has 1 aromatic rings. The lowest BCUT2D eigenvalue weighted by atomic mass is 10.3. The predicted octanol–water partition coefficient (Wildman–Crippen LogP) is 1.40. The minimum Gasteiger partial charge on any atom is -0.355 e. The van der Waals surface area contributed by atoms with Gasteiger partial charge >= 0.3 is 5.69 Å². The van der Waals surface area contributed by atoms with Crippen molar-refractivity contribution >= 4 is 17.4 Å². The molecule has 0 radical (unpaired) electrons. The van der Waals surface area contributed by atoms with Crippen LogP contribution in [-0.2, 0) is 11.3 Å². The molecule has 0 saturated carbocycles. The van der Waals surface area contributed by atoms with Gasteiger partial charge in [0.15, 0.2) is 0 Å². The first-order valence-corrected chi connectivity index (χ1v) is 6.69. The summed E-state index contributed by atoms with van der Waals surface area (Å²) < 4.78 is 1.50. The standard InChI is InChI=1S/C12H21N5O3/c1-5-15(6-2)10(18)8-13-12-11(17(19)20)9(4)14-16(12)7-3/h13H,5-8H2,1-4H3. The SMILES string of the molecule is CCN(CC)C(=O)CNc1c([N+](=O)[O-])c(C)nn1CC. The zero-order valence-electron chi connectivity index (χ0n) is 12.3. The van der Waals surface area contributed by atoms with Gasteiger partial charge in [-0.15, -0.1) is 0 Å². The molecule has 0 saturated heterocycles. The average molecular weight is 283 g/mol. The molecule has 0 fully saturated rings. The van der Waals surface area contributed by atoms with Gasteiger partial charge in [0.1, 0.15) is 5.69 Å². The molecule has 0 aromatic carbocycles. The van der Waals surface area contributed by atoms with Crippen molar-refractivity contribution in [3.63, 3.8) is 0 Å². The number of nitrogens with one attached hydrogen (secondary N) is 1. The molecular weight excluding hydrogens is 262 g/mol. The van der Waals surface area contributed by atoms with Crippen molar-refractivity contribution in [1.29, 1.82) is 0 Å². The van der Waals surface area contributed by atoms with Gasteiger partial charge in [0.05, 0.1) is 11.5 Å². The van der Waals surface area contributed by atoms with Crippen molar-refractivity contribution < 1.29 is 9.72 Å². The molecule has 0 aliphatic heterocycles. The minimum atomic E-state index is -0.473. The van der Waals surface area contributed by atoms with Crippen molar-refractivity contribution in [1.82, 2.24) is 14.7 Å². The summed E-state index contributed by atoms with van der Waals surface area (Å²) in [6.07, 6.45) is 0. The Morgan fingerprint density at radius 3 is 2.45 bits per heavy atom. The highest BCUT2D eigenvalue weighted by molar-refractivity contribution is 5.81. The molecule has 1 rings (SSSR count). The van der Waals surface area contributed by atoms with Gasteiger partial charge < -0.3 is 10.2 Å². The van der Waals surface area contributed by atoms with Gasteiger partial charge in [-0.2, -0.15) is 5.10 Å². The van der Waals surface area contributed by atoms with Crippen LogP contribution in [0, 0.1) is 17.0 Å². The molecule has 20 heavy (non-hydrogen) atoms. The molecule has 1 amide bonds. The van der Waals surface area contributed by atoms with Crippen molar-refractivity contribution in [2.45, 2.75) is 34.2 Å². The van der Waals surface area contributed by atoms with Crippen LogP contribution in [0.3, 0.4) is 0 Å². The summed E-state index contributed by atoms with van der Waals surface area (Å²) in [6, 6.07) is 0. The molecule has 0 unspecified atom stereocenters. The smallest absolute Gasteiger partial charge is 0.333 e. The summed E-state index contributed by atoms with van der Waals surface area (Å²) >= 11 is 0. The van der Waals surface area contributed by atoms with Crippen LogP contribution < -0.4 is 5.32 Å². The maximum atomic E-state index is 11.9. The van der Waals surface area contributed by atoms with Gasteiger partial charge in [0, 0.05) is 19.6 Å². The maximum Gasteiger partial charge on any atom is 0.333 e. The Kier molecular flexibility index (Phi) is 5.48. The first-order chi connectivity index (χ1) is 9.46. The molecule has 0 atom stereocenters. The van der Waals surface area contributed by atoms with Crippen LogP contribution in [0.4, 0.5) is 11.5 Å². The highest BCUT2D eigenvalue weighted by atomic mass is 16.6. The van der Waals surface area contributed by atoms with Crippen molar-refractivity contribution in [2.24, 2.45) is 0 Å². The summed E-state index contributed by atoms with van der Waals surface area (Å²) in [6.45, 7) is 8.96. The molecule has 8 nitrogen and oxygen atoms in total. The Morgan fingerprint density at radius 1 is 1.40 bits per heavy atom. The second-order valence-electron chi connectivity index (χ2n) is 4.28. The van der Waals surface area contributed by atoms with Crippen molar-refractivity contribution in [2.75, 3.05) is 25.0 Å². The lowest BCUT2D eigenvalue weighted by Gasteiger charge is -2.19. The average Bonchev–Trinajstić information content (AvgIpc) is 2.73. The van der Waals surface area contributed by atoms with E-state index in [1.807, 2.05) is 20.8 Å². The van der Waals surface area contributed by atoms with E-state index in [1.165, 1.54) is 4.68 Å². The molecule has 0 aliphatic carbocycles. The van der Waals surface area contributed by atoms with Crippen LogP contribution in [0.2, 0.25) is 0 Å². The molecule has 1 N–H and O–H groups in total. The minimum absolute atomic E-state index is 0.0215. The number of hydrogen-bond donors (Lipinski definition) is 1. The fraction of sp³-hybridized carbons (Fsp3) is 0.667. The van der Waals surface area contributed by atoms with Gasteiger partial charge in [0.25, 0.3) is 0 Å². The third kappa shape index (κ3) is 3.25. The van der Waals surface area contributed by atoms with Gasteiger partial charge in [-0.1, -0.05) is 0 Å². The second kappa shape index (κ2) is 6.88. The van der Waals surface area contributed by atoms with Gasteiger partial charge in [-0.3, -0.25) is 14.9 Å². The largest absolute Gasteiger partial charge is 0.355 e. The van der Waals surface area contributed by atoms with Crippen LogP contribution in [0.15, 0.2) is 0 Å². The van der Waals surface area contributed by atoms with E-state index >= 15 is 0 Å². The van der Waals surface area contributed by atoms with Crippen molar-refractivity contribution in [3.05, 3.63) is 15.8 Å². The summed E-state index contributed by atoms with van der Waals surface area (Å²) in [7, 11) is 0. The Hall–Kier alpha value is -2.12. The van der Waals surface area contributed by atoms with E-state index in [0.29, 0.717) is 25.3 Å². The first-order valence-electron chi connectivity index (χ1n) is 6.69. The van der Waals surface area contributed by atoms with Gasteiger partial charge in [-0.25, -0.2) is 4.68 Å². The second-order valence-corrected chi connectivity index (χ2v) is 4.28. The third-order valence-corrected chi connectivity index (χ3v) is 3.10. The summed E-state index contributed by atoms with van der Waals surface area (Å²) in [5.41, 5.74) is 0.272. The number of carbonyl (C=O) groups is 1. The number of anilines is 1. The molecule has 1 heterocycles. The summed E-state index contributed by atoms with van der Waals surface area (Å²) in [4.78, 5) is 24.2. The lowest BCUT2D eigenvalue weighted by Crippen LogP contribution is -2.35. The fourth-order valence-electron chi connectivity index (χ4n) is 2.04. The van der Waals surface area contributed by atoms with E-state index < -0.39 is 4.92 Å². The number of amides is 1. The van der Waals surface area contributed by atoms with E-state index in [2.05, 4.69) is 10.4 Å². The Balaban J connectivity index is 2.92. The molecule has 0 aliphatic rings. The summed E-state index contributed by atoms with van der Waals surface area (Å²) in [5.74, 6) is 0.196. The highest BCUT2D eigenvalue weighted by Crippen LogP contribution is 2.27. The molecular formula is C12H21N5O3. The van der Waals surface area contributed by atoms with Crippen LogP contribution in [0.1, 0.15) is 26.5 Å². The van der Waals surface area contributed by atoms with Crippen LogP contribution in [-0.4, -0.2) is 45.1 Å². The number of nitro groups is 1. The van der Waals surface area contributed by atoms with E-state index in [-0.39, 0.29) is 24.0 Å². The van der Waals surface area contributed by atoms with E-state index in [1.54, 1.807) is 11.8 Å². The monoisotopic (exact) mass is 283 g/mol. The fourth-order valence-corrected chi connectivity index (χ4v) is 2.04. The molecule has 0 spiro atoms. The molecule has 0 bridgehead atoms. The quantitative estimate of drug-likeness (QED) is 0.603. The van der Waals surface area contributed by atoms with Gasteiger partial charge in [0.2, 0.25) is 11.7 Å². The number of rotatable bonds is 7. The van der Waals surface area contributed by atoms with Crippen molar-refractivity contribution in [3.8, 4) is 0 Å². The zero-order chi connectivity index (χ0) is 15.3. The zero-order valence-corrected chi connectivity index (χ0v) is 12.3. The van der Waals surface area contributed by atoms with Crippen LogP contribution in [0.25, 0.3) is 0 Å². The number of aromatic nitrogens is 2. The van der Waals surface area contributed by atoms with Crippen LogP contribution >= 0.6 is 0 Å². The Bertz CT molecular complexity index is 494. The number of aryl methyl sites for hydroxylation is 2. The third-order valence-electron chi connectivity index (χ3n) is 3.10. The highest BCUT2D eigenvalue weighted by Gasteiger charge is 2.25. The molecule has 112 valence electrons. The molecule has 1 aromatic heterocycles.